The van der Waals surface area contributed by atoms with Gasteiger partial charge >= 0.3 is 0 Å². The third kappa shape index (κ3) is 3.94. The molecule has 2 rings (SSSR count). The van der Waals surface area contributed by atoms with E-state index in [1.165, 1.54) is 38.5 Å². The summed E-state index contributed by atoms with van der Waals surface area (Å²) in [5, 5.41) is 3.58. The first-order valence-corrected chi connectivity index (χ1v) is 7.34. The van der Waals surface area contributed by atoms with Crippen molar-refractivity contribution < 1.29 is 4.74 Å². The van der Waals surface area contributed by atoms with Gasteiger partial charge in [0.15, 0.2) is 0 Å². The van der Waals surface area contributed by atoms with Crippen LogP contribution >= 0.6 is 0 Å². The van der Waals surface area contributed by atoms with Gasteiger partial charge in [0.2, 0.25) is 0 Å². The Kier molecular flexibility index (Phi) is 5.26. The van der Waals surface area contributed by atoms with Gasteiger partial charge in [-0.1, -0.05) is 6.92 Å². The van der Waals surface area contributed by atoms with E-state index in [1.54, 1.807) is 0 Å². The second kappa shape index (κ2) is 6.72. The van der Waals surface area contributed by atoms with Gasteiger partial charge in [0, 0.05) is 25.2 Å². The van der Waals surface area contributed by atoms with Gasteiger partial charge in [-0.05, 0) is 52.1 Å². The molecule has 1 saturated heterocycles. The van der Waals surface area contributed by atoms with Crippen LogP contribution < -0.4 is 5.32 Å². The predicted octanol–water partition coefficient (Wildman–Crippen LogP) is 2.02. The van der Waals surface area contributed by atoms with Crippen molar-refractivity contribution in [1.82, 2.24) is 10.2 Å². The summed E-state index contributed by atoms with van der Waals surface area (Å²) >= 11 is 0. The number of nitrogens with zero attached hydrogens (tertiary/aromatic N) is 1. The Morgan fingerprint density at radius 1 is 1.24 bits per heavy atom. The van der Waals surface area contributed by atoms with E-state index >= 15 is 0 Å². The summed E-state index contributed by atoms with van der Waals surface area (Å²) in [7, 11) is 2.27. The SMILES string of the molecule is CCNC1CCC(N(C)CC2CCCCO2)C1. The normalized spacial score (nSPS) is 34.4. The van der Waals surface area contributed by atoms with Crippen molar-refractivity contribution in [2.75, 3.05) is 26.7 Å². The summed E-state index contributed by atoms with van der Waals surface area (Å²) in [6.07, 6.45) is 8.36. The summed E-state index contributed by atoms with van der Waals surface area (Å²) in [4.78, 5) is 2.54. The number of ether oxygens (including phenoxy) is 1. The highest BCUT2D eigenvalue weighted by atomic mass is 16.5. The second-order valence-electron chi connectivity index (χ2n) is 5.65. The Morgan fingerprint density at radius 3 is 2.82 bits per heavy atom. The maximum absolute atomic E-state index is 5.83. The molecule has 2 aliphatic rings. The molecular weight excluding hydrogens is 212 g/mol. The quantitative estimate of drug-likeness (QED) is 0.795. The summed E-state index contributed by atoms with van der Waals surface area (Å²) in [5.74, 6) is 0. The molecule has 1 heterocycles. The Morgan fingerprint density at radius 2 is 2.12 bits per heavy atom. The molecule has 0 spiro atoms. The molecule has 0 bridgehead atoms. The standard InChI is InChI=1S/C14H28N2O/c1-3-15-12-7-8-13(10-12)16(2)11-14-6-4-5-9-17-14/h12-15H,3-11H2,1-2H3. The van der Waals surface area contributed by atoms with Crippen molar-refractivity contribution in [2.24, 2.45) is 0 Å². The van der Waals surface area contributed by atoms with Crippen LogP contribution in [0.15, 0.2) is 0 Å². The second-order valence-corrected chi connectivity index (χ2v) is 5.65. The van der Waals surface area contributed by atoms with Crippen molar-refractivity contribution in [2.45, 2.75) is 63.6 Å². The lowest BCUT2D eigenvalue weighted by molar-refractivity contribution is -0.00783. The van der Waals surface area contributed by atoms with E-state index in [0.717, 1.165) is 31.8 Å². The molecule has 3 nitrogen and oxygen atoms in total. The summed E-state index contributed by atoms with van der Waals surface area (Å²) < 4.78 is 5.83. The lowest BCUT2D eigenvalue weighted by Gasteiger charge is -2.31. The van der Waals surface area contributed by atoms with Gasteiger partial charge in [-0.3, -0.25) is 0 Å². The molecule has 1 saturated carbocycles. The molecule has 3 atom stereocenters. The zero-order valence-electron chi connectivity index (χ0n) is 11.5. The van der Waals surface area contributed by atoms with Crippen LogP contribution in [0.4, 0.5) is 0 Å². The van der Waals surface area contributed by atoms with Crippen molar-refractivity contribution in [3.05, 3.63) is 0 Å². The Hall–Kier alpha value is -0.120. The van der Waals surface area contributed by atoms with Crippen LogP contribution in [0.25, 0.3) is 0 Å². The highest BCUT2D eigenvalue weighted by Crippen LogP contribution is 2.24. The van der Waals surface area contributed by atoms with Gasteiger partial charge in [-0.15, -0.1) is 0 Å². The van der Waals surface area contributed by atoms with E-state index < -0.39 is 0 Å². The summed E-state index contributed by atoms with van der Waals surface area (Å²) in [6.45, 7) is 5.41. The zero-order valence-corrected chi connectivity index (χ0v) is 11.5. The fourth-order valence-corrected chi connectivity index (χ4v) is 3.25. The minimum Gasteiger partial charge on any atom is -0.377 e. The van der Waals surface area contributed by atoms with Gasteiger partial charge in [-0.2, -0.15) is 0 Å². The average molecular weight is 240 g/mol. The first-order chi connectivity index (χ1) is 8.29. The lowest BCUT2D eigenvalue weighted by atomic mass is 10.1. The third-order valence-corrected chi connectivity index (χ3v) is 4.29. The zero-order chi connectivity index (χ0) is 12.1. The minimum absolute atomic E-state index is 0.493. The molecule has 0 radical (unpaired) electrons. The molecule has 1 aliphatic carbocycles. The topological polar surface area (TPSA) is 24.5 Å². The molecule has 3 heteroatoms. The van der Waals surface area contributed by atoms with Crippen LogP contribution in [0.1, 0.15) is 45.4 Å². The Bertz CT molecular complexity index is 216. The number of hydrogen-bond acceptors (Lipinski definition) is 3. The molecule has 3 unspecified atom stereocenters. The summed E-state index contributed by atoms with van der Waals surface area (Å²) in [5.41, 5.74) is 0. The summed E-state index contributed by atoms with van der Waals surface area (Å²) in [6, 6.07) is 1.52. The molecule has 17 heavy (non-hydrogen) atoms. The number of likely N-dealkylation sites (N-methyl/N-ethyl adjacent to an activating group) is 1. The van der Waals surface area contributed by atoms with E-state index in [0.29, 0.717) is 6.10 Å². The van der Waals surface area contributed by atoms with Gasteiger partial charge in [0.05, 0.1) is 6.10 Å². The molecular formula is C14H28N2O. The molecule has 1 aliphatic heterocycles. The molecule has 100 valence electrons. The third-order valence-electron chi connectivity index (χ3n) is 4.29. The fraction of sp³-hybridized carbons (Fsp3) is 1.00. The smallest absolute Gasteiger partial charge is 0.0702 e. The maximum atomic E-state index is 5.83. The van der Waals surface area contributed by atoms with Crippen LogP contribution in [0.5, 0.6) is 0 Å². The van der Waals surface area contributed by atoms with Gasteiger partial charge in [0.1, 0.15) is 0 Å². The number of rotatable bonds is 5. The van der Waals surface area contributed by atoms with Gasteiger partial charge in [-0.25, -0.2) is 0 Å². The molecule has 0 amide bonds. The molecule has 1 N–H and O–H groups in total. The van der Waals surface area contributed by atoms with Crippen LogP contribution in [-0.4, -0.2) is 49.8 Å². The predicted molar refractivity (Wildman–Crippen MR) is 71.3 cm³/mol. The first kappa shape index (κ1) is 13.3. The van der Waals surface area contributed by atoms with Crippen molar-refractivity contribution in [3.8, 4) is 0 Å². The van der Waals surface area contributed by atoms with Gasteiger partial charge < -0.3 is 15.0 Å². The van der Waals surface area contributed by atoms with Crippen molar-refractivity contribution in [1.29, 1.82) is 0 Å². The minimum atomic E-state index is 0.493. The maximum Gasteiger partial charge on any atom is 0.0702 e. The first-order valence-electron chi connectivity index (χ1n) is 7.34. The number of hydrogen-bond donors (Lipinski definition) is 1. The van der Waals surface area contributed by atoms with Crippen LogP contribution in [0, 0.1) is 0 Å². The van der Waals surface area contributed by atoms with Crippen LogP contribution in [0.3, 0.4) is 0 Å². The van der Waals surface area contributed by atoms with E-state index in [4.69, 9.17) is 4.74 Å². The van der Waals surface area contributed by atoms with E-state index in [-0.39, 0.29) is 0 Å². The van der Waals surface area contributed by atoms with E-state index in [9.17, 15) is 0 Å². The van der Waals surface area contributed by atoms with Crippen molar-refractivity contribution >= 4 is 0 Å². The fourth-order valence-electron chi connectivity index (χ4n) is 3.25. The van der Waals surface area contributed by atoms with Gasteiger partial charge in [0.25, 0.3) is 0 Å². The average Bonchev–Trinajstić information content (AvgIpc) is 2.79. The van der Waals surface area contributed by atoms with E-state index in [2.05, 4.69) is 24.2 Å². The molecule has 0 aromatic carbocycles. The Labute approximate surface area is 106 Å². The van der Waals surface area contributed by atoms with Crippen molar-refractivity contribution in [3.63, 3.8) is 0 Å². The monoisotopic (exact) mass is 240 g/mol. The molecule has 0 aromatic rings. The lowest BCUT2D eigenvalue weighted by Crippen LogP contribution is -2.39. The molecule has 2 fully saturated rings. The van der Waals surface area contributed by atoms with Crippen LogP contribution in [-0.2, 0) is 4.74 Å². The van der Waals surface area contributed by atoms with E-state index in [1.807, 2.05) is 0 Å². The highest BCUT2D eigenvalue weighted by molar-refractivity contribution is 4.86. The largest absolute Gasteiger partial charge is 0.377 e. The highest BCUT2D eigenvalue weighted by Gasteiger charge is 2.28. The Balaban J connectivity index is 1.70. The van der Waals surface area contributed by atoms with Crippen LogP contribution in [0.2, 0.25) is 0 Å². The number of nitrogens with one attached hydrogen (secondary N) is 1. The molecule has 0 aromatic heterocycles.